The Hall–Kier alpha value is -3.09. The zero-order valence-electron chi connectivity index (χ0n) is 15.3. The highest BCUT2D eigenvalue weighted by Crippen LogP contribution is 2.27. The third-order valence-corrected chi connectivity index (χ3v) is 5.22. The molecular formula is C22H18ClN3O2S. The third kappa shape index (κ3) is 5.70. The van der Waals surface area contributed by atoms with Gasteiger partial charge in [-0.15, -0.1) is 5.10 Å². The van der Waals surface area contributed by atoms with Crippen LogP contribution in [0.3, 0.4) is 0 Å². The summed E-state index contributed by atoms with van der Waals surface area (Å²) in [6.07, 6.45) is 1.62. The summed E-state index contributed by atoms with van der Waals surface area (Å²) < 4.78 is 0. The van der Waals surface area contributed by atoms with Crippen molar-refractivity contribution in [2.75, 3.05) is 0 Å². The van der Waals surface area contributed by atoms with Gasteiger partial charge in [0.05, 0.1) is 16.8 Å². The second kappa shape index (κ2) is 9.91. The van der Waals surface area contributed by atoms with E-state index in [0.29, 0.717) is 5.17 Å². The molecule has 7 heteroatoms. The number of amidine groups is 1. The lowest BCUT2D eigenvalue weighted by Crippen LogP contribution is -2.06. The topological polar surface area (TPSA) is 88.0 Å². The van der Waals surface area contributed by atoms with Gasteiger partial charge in [-0.05, 0) is 28.8 Å². The molecule has 0 heterocycles. The lowest BCUT2D eigenvalue weighted by molar-refractivity contribution is 0.0697. The van der Waals surface area contributed by atoms with Gasteiger partial charge < -0.3 is 10.8 Å². The molecule has 0 spiro atoms. The molecule has 0 saturated carbocycles. The molecule has 3 aromatic rings. The molecule has 0 amide bonds. The van der Waals surface area contributed by atoms with Crippen LogP contribution < -0.4 is 5.73 Å². The molecule has 0 bridgehead atoms. The molecular weight excluding hydrogens is 406 g/mol. The summed E-state index contributed by atoms with van der Waals surface area (Å²) in [6.45, 7) is 0. The van der Waals surface area contributed by atoms with Crippen LogP contribution in [0.15, 0.2) is 83.0 Å². The summed E-state index contributed by atoms with van der Waals surface area (Å²) in [7, 11) is 0. The van der Waals surface area contributed by atoms with E-state index in [1.807, 2.05) is 54.6 Å². The summed E-state index contributed by atoms with van der Waals surface area (Å²) in [5, 5.41) is 17.8. The van der Waals surface area contributed by atoms with Gasteiger partial charge in [0.1, 0.15) is 0 Å². The number of aromatic carboxylic acids is 1. The van der Waals surface area contributed by atoms with Crippen molar-refractivity contribution in [2.45, 2.75) is 5.75 Å². The molecule has 3 aromatic carbocycles. The van der Waals surface area contributed by atoms with Crippen LogP contribution in [0.2, 0.25) is 5.02 Å². The Labute approximate surface area is 177 Å². The fraction of sp³-hybridized carbons (Fsp3) is 0.0455. The Morgan fingerprint density at radius 1 is 1.07 bits per heavy atom. The minimum Gasteiger partial charge on any atom is -0.478 e. The van der Waals surface area contributed by atoms with Gasteiger partial charge in [-0.2, -0.15) is 5.10 Å². The molecule has 29 heavy (non-hydrogen) atoms. The van der Waals surface area contributed by atoms with Gasteiger partial charge in [-0.3, -0.25) is 0 Å². The van der Waals surface area contributed by atoms with Gasteiger partial charge in [0.2, 0.25) is 0 Å². The maximum Gasteiger partial charge on any atom is 0.337 e. The van der Waals surface area contributed by atoms with Gasteiger partial charge >= 0.3 is 5.97 Å². The highest BCUT2D eigenvalue weighted by atomic mass is 35.5. The first kappa shape index (κ1) is 20.6. The number of nitrogens with two attached hydrogens (primary N) is 1. The van der Waals surface area contributed by atoms with Crippen LogP contribution in [-0.2, 0) is 5.75 Å². The number of carbonyl (C=O) groups is 1. The number of hydrogen-bond donors (Lipinski definition) is 2. The number of carboxylic acid groups (broad SMARTS) is 1. The van der Waals surface area contributed by atoms with E-state index in [2.05, 4.69) is 10.2 Å². The fourth-order valence-corrected chi connectivity index (χ4v) is 3.51. The maximum absolute atomic E-state index is 11.2. The Kier molecular flexibility index (Phi) is 7.05. The average Bonchev–Trinajstić information content (AvgIpc) is 2.73. The second-order valence-electron chi connectivity index (χ2n) is 6.04. The first-order valence-electron chi connectivity index (χ1n) is 8.70. The molecule has 0 aliphatic rings. The third-order valence-electron chi connectivity index (χ3n) is 4.05. The van der Waals surface area contributed by atoms with Gasteiger partial charge in [-0.25, -0.2) is 4.79 Å². The van der Waals surface area contributed by atoms with Crippen molar-refractivity contribution in [2.24, 2.45) is 15.9 Å². The van der Waals surface area contributed by atoms with E-state index in [-0.39, 0.29) is 10.6 Å². The zero-order valence-corrected chi connectivity index (χ0v) is 16.9. The number of benzene rings is 3. The molecule has 146 valence electrons. The van der Waals surface area contributed by atoms with Crippen molar-refractivity contribution in [3.05, 3.63) is 94.5 Å². The largest absolute Gasteiger partial charge is 0.478 e. The second-order valence-corrected chi connectivity index (χ2v) is 7.45. The quantitative estimate of drug-likeness (QED) is 0.320. The molecule has 0 radical (unpaired) electrons. The first-order chi connectivity index (χ1) is 14.0. The molecule has 0 aliphatic carbocycles. The predicted octanol–water partition coefficient (Wildman–Crippen LogP) is 5.29. The number of nitrogens with zero attached hydrogens (tertiary/aromatic N) is 2. The lowest BCUT2D eigenvalue weighted by atomic mass is 9.99. The van der Waals surface area contributed by atoms with Gasteiger partial charge in [-0.1, -0.05) is 84.0 Å². The summed E-state index contributed by atoms with van der Waals surface area (Å²) in [4.78, 5) is 11.2. The van der Waals surface area contributed by atoms with Crippen LogP contribution in [0, 0.1) is 0 Å². The fourth-order valence-electron chi connectivity index (χ4n) is 2.64. The summed E-state index contributed by atoms with van der Waals surface area (Å²) in [5.41, 5.74) is 9.62. The molecule has 5 nitrogen and oxygen atoms in total. The van der Waals surface area contributed by atoms with Crippen LogP contribution in [0.1, 0.15) is 21.5 Å². The molecule has 0 saturated heterocycles. The van der Waals surface area contributed by atoms with E-state index in [4.69, 9.17) is 22.4 Å². The van der Waals surface area contributed by atoms with E-state index >= 15 is 0 Å². The van der Waals surface area contributed by atoms with E-state index in [1.54, 1.807) is 18.3 Å². The molecule has 0 atom stereocenters. The van der Waals surface area contributed by atoms with Crippen molar-refractivity contribution in [3.63, 3.8) is 0 Å². The van der Waals surface area contributed by atoms with Crippen molar-refractivity contribution in [3.8, 4) is 11.1 Å². The highest BCUT2D eigenvalue weighted by Gasteiger charge is 2.11. The Balaban J connectivity index is 1.75. The Morgan fingerprint density at radius 3 is 2.52 bits per heavy atom. The average molecular weight is 424 g/mol. The minimum atomic E-state index is -1.06. The van der Waals surface area contributed by atoms with Gasteiger partial charge in [0, 0.05) is 11.3 Å². The van der Waals surface area contributed by atoms with E-state index in [9.17, 15) is 4.79 Å². The molecule has 3 rings (SSSR count). The first-order valence-corrected chi connectivity index (χ1v) is 10.1. The standard InChI is InChI=1S/C22H18ClN3O2S/c23-20-12-16(10-11-19(20)21(27)28)18-9-5-4-8-17(18)13-25-26-22(24)29-14-15-6-2-1-3-7-15/h1-13H,14H2,(H2,24,26)(H,27,28). The smallest absolute Gasteiger partial charge is 0.337 e. The van der Waals surface area contributed by atoms with Crippen LogP contribution >= 0.6 is 23.4 Å². The lowest BCUT2D eigenvalue weighted by Gasteiger charge is -2.07. The zero-order chi connectivity index (χ0) is 20.6. The Bertz CT molecular complexity index is 1070. The van der Waals surface area contributed by atoms with Crippen LogP contribution in [0.4, 0.5) is 0 Å². The van der Waals surface area contributed by atoms with Crippen molar-refractivity contribution in [1.29, 1.82) is 0 Å². The Morgan fingerprint density at radius 2 is 1.79 bits per heavy atom. The number of carboxylic acids is 1. The predicted molar refractivity (Wildman–Crippen MR) is 121 cm³/mol. The molecule has 0 fully saturated rings. The van der Waals surface area contributed by atoms with Crippen LogP contribution in [0.25, 0.3) is 11.1 Å². The van der Waals surface area contributed by atoms with Gasteiger partial charge in [0.25, 0.3) is 0 Å². The van der Waals surface area contributed by atoms with Crippen LogP contribution in [-0.4, -0.2) is 22.5 Å². The number of halogens is 1. The minimum absolute atomic E-state index is 0.0642. The van der Waals surface area contributed by atoms with Crippen molar-refractivity contribution in [1.82, 2.24) is 0 Å². The van der Waals surface area contributed by atoms with Crippen LogP contribution in [0.5, 0.6) is 0 Å². The number of hydrogen-bond acceptors (Lipinski definition) is 4. The van der Waals surface area contributed by atoms with E-state index in [0.717, 1.165) is 28.0 Å². The highest BCUT2D eigenvalue weighted by molar-refractivity contribution is 8.13. The molecule has 0 aromatic heterocycles. The van der Waals surface area contributed by atoms with Crippen molar-refractivity contribution < 1.29 is 9.90 Å². The summed E-state index contributed by atoms with van der Waals surface area (Å²) in [5.74, 6) is -0.342. The normalized spacial score (nSPS) is 11.7. The molecule has 0 unspecified atom stereocenters. The SMILES string of the molecule is NC(=NN=Cc1ccccc1-c1ccc(C(=O)O)c(Cl)c1)SCc1ccccc1. The number of thioether (sulfide) groups is 1. The molecule has 0 aliphatic heterocycles. The summed E-state index contributed by atoms with van der Waals surface area (Å²) >= 11 is 7.51. The molecule has 3 N–H and O–H groups in total. The van der Waals surface area contributed by atoms with Crippen molar-refractivity contribution >= 4 is 40.7 Å². The van der Waals surface area contributed by atoms with E-state index < -0.39 is 5.97 Å². The summed E-state index contributed by atoms with van der Waals surface area (Å²) in [6, 6.07) is 22.4. The van der Waals surface area contributed by atoms with E-state index in [1.165, 1.54) is 17.8 Å². The van der Waals surface area contributed by atoms with Gasteiger partial charge in [0.15, 0.2) is 5.17 Å². The monoisotopic (exact) mass is 423 g/mol. The maximum atomic E-state index is 11.2. The number of rotatable bonds is 6.